The molecule has 2 rings (SSSR count). The third kappa shape index (κ3) is 4.17. The van der Waals surface area contributed by atoms with E-state index in [9.17, 15) is 13.5 Å². The molecule has 1 aliphatic heterocycles. The molecule has 1 fully saturated rings. The molecule has 3 N–H and O–H groups in total. The van der Waals surface area contributed by atoms with Crippen LogP contribution in [-0.2, 0) is 10.0 Å². The van der Waals surface area contributed by atoms with E-state index in [0.717, 1.165) is 19.5 Å². The fourth-order valence-electron chi connectivity index (χ4n) is 2.03. The molecule has 6 nitrogen and oxygen atoms in total. The van der Waals surface area contributed by atoms with E-state index in [2.05, 4.69) is 4.90 Å². The number of rotatable bonds is 5. The van der Waals surface area contributed by atoms with Crippen molar-refractivity contribution in [3.05, 3.63) is 24.3 Å². The Labute approximate surface area is 112 Å². The number of aliphatic hydroxyl groups is 1. The highest BCUT2D eigenvalue weighted by atomic mass is 32.2. The molecular formula is C12H18N2O4S. The molecule has 0 radical (unpaired) electrons. The van der Waals surface area contributed by atoms with Crippen molar-refractivity contribution in [2.24, 2.45) is 5.14 Å². The van der Waals surface area contributed by atoms with Gasteiger partial charge in [0.15, 0.2) is 0 Å². The minimum Gasteiger partial charge on any atom is -0.492 e. The maximum Gasteiger partial charge on any atom is 0.238 e. The van der Waals surface area contributed by atoms with E-state index in [4.69, 9.17) is 9.88 Å². The number of β-amino-alcohol motifs (C(OH)–C–C–N with tert-alkyl or cyclic N) is 1. The van der Waals surface area contributed by atoms with Gasteiger partial charge in [-0.15, -0.1) is 0 Å². The van der Waals surface area contributed by atoms with Gasteiger partial charge in [-0.2, -0.15) is 0 Å². The molecule has 19 heavy (non-hydrogen) atoms. The highest BCUT2D eigenvalue weighted by Gasteiger charge is 2.19. The number of nitrogens with zero attached hydrogens (tertiary/aromatic N) is 1. The maximum absolute atomic E-state index is 11.1. The molecule has 1 heterocycles. The molecule has 1 aliphatic rings. The van der Waals surface area contributed by atoms with Crippen molar-refractivity contribution in [2.75, 3.05) is 26.2 Å². The fraction of sp³-hybridized carbons (Fsp3) is 0.500. The van der Waals surface area contributed by atoms with Crippen LogP contribution in [0.4, 0.5) is 0 Å². The van der Waals surface area contributed by atoms with Crippen molar-refractivity contribution >= 4 is 10.0 Å². The second-order valence-electron chi connectivity index (χ2n) is 4.61. The summed E-state index contributed by atoms with van der Waals surface area (Å²) in [6, 6.07) is 6.01. The van der Waals surface area contributed by atoms with Crippen LogP contribution in [0, 0.1) is 0 Å². The lowest BCUT2D eigenvalue weighted by Crippen LogP contribution is -2.27. The first kappa shape index (κ1) is 14.3. The van der Waals surface area contributed by atoms with Crippen molar-refractivity contribution in [1.82, 2.24) is 4.90 Å². The number of likely N-dealkylation sites (tertiary alicyclic amines) is 1. The summed E-state index contributed by atoms with van der Waals surface area (Å²) in [5, 5.41) is 14.4. The zero-order valence-electron chi connectivity index (χ0n) is 10.5. The average molecular weight is 286 g/mol. The molecule has 1 aromatic rings. The van der Waals surface area contributed by atoms with Gasteiger partial charge >= 0.3 is 0 Å². The summed E-state index contributed by atoms with van der Waals surface area (Å²) in [5.74, 6) is 0.604. The van der Waals surface area contributed by atoms with Crippen molar-refractivity contribution in [2.45, 2.75) is 17.4 Å². The number of nitrogens with two attached hydrogens (primary N) is 1. The van der Waals surface area contributed by atoms with Crippen LogP contribution in [0.2, 0.25) is 0 Å². The lowest BCUT2D eigenvalue weighted by Gasteiger charge is -2.15. The maximum atomic E-state index is 11.1. The normalized spacial score (nSPS) is 20.6. The van der Waals surface area contributed by atoms with Gasteiger partial charge in [0, 0.05) is 19.6 Å². The topological polar surface area (TPSA) is 92.9 Å². The summed E-state index contributed by atoms with van der Waals surface area (Å²) in [5.41, 5.74) is 0. The number of primary sulfonamides is 1. The third-order valence-corrected chi connectivity index (χ3v) is 4.01. The number of aliphatic hydroxyl groups excluding tert-OH is 1. The van der Waals surface area contributed by atoms with Crippen LogP contribution in [-0.4, -0.2) is 50.8 Å². The molecule has 0 aliphatic carbocycles. The van der Waals surface area contributed by atoms with Crippen molar-refractivity contribution < 1.29 is 18.3 Å². The van der Waals surface area contributed by atoms with Crippen LogP contribution in [0.15, 0.2) is 29.2 Å². The van der Waals surface area contributed by atoms with Gasteiger partial charge in [0.1, 0.15) is 12.4 Å². The molecule has 0 aromatic heterocycles. The summed E-state index contributed by atoms with van der Waals surface area (Å²) in [6.45, 7) is 2.82. The van der Waals surface area contributed by atoms with Crippen LogP contribution >= 0.6 is 0 Å². The number of ether oxygens (including phenoxy) is 1. The molecule has 1 atom stereocenters. The Morgan fingerprint density at radius 1 is 1.37 bits per heavy atom. The second-order valence-corrected chi connectivity index (χ2v) is 6.17. The number of hydrogen-bond acceptors (Lipinski definition) is 5. The zero-order chi connectivity index (χ0) is 13.9. The van der Waals surface area contributed by atoms with Crippen LogP contribution in [0.3, 0.4) is 0 Å². The van der Waals surface area contributed by atoms with Gasteiger partial charge in [0.2, 0.25) is 10.0 Å². The largest absolute Gasteiger partial charge is 0.492 e. The third-order valence-electron chi connectivity index (χ3n) is 3.08. The smallest absolute Gasteiger partial charge is 0.238 e. The molecule has 0 saturated carbocycles. The first-order valence-corrected chi connectivity index (χ1v) is 7.66. The zero-order valence-corrected chi connectivity index (χ0v) is 11.3. The van der Waals surface area contributed by atoms with Crippen LogP contribution in [0.5, 0.6) is 5.75 Å². The summed E-state index contributed by atoms with van der Waals surface area (Å²) in [6.07, 6.45) is 0.581. The van der Waals surface area contributed by atoms with Gasteiger partial charge in [-0.1, -0.05) is 0 Å². The molecule has 7 heteroatoms. The minimum absolute atomic E-state index is 0.0718. The van der Waals surface area contributed by atoms with E-state index >= 15 is 0 Å². The predicted molar refractivity (Wildman–Crippen MR) is 70.4 cm³/mol. The molecule has 0 amide bonds. The van der Waals surface area contributed by atoms with Gasteiger partial charge in [-0.3, -0.25) is 4.90 Å². The monoisotopic (exact) mass is 286 g/mol. The summed E-state index contributed by atoms with van der Waals surface area (Å²) < 4.78 is 27.7. The summed E-state index contributed by atoms with van der Waals surface area (Å²) >= 11 is 0. The first-order valence-electron chi connectivity index (χ1n) is 6.11. The van der Waals surface area contributed by atoms with E-state index in [0.29, 0.717) is 18.9 Å². The lowest BCUT2D eigenvalue weighted by molar-refractivity contribution is 0.167. The van der Waals surface area contributed by atoms with E-state index < -0.39 is 10.0 Å². The van der Waals surface area contributed by atoms with Crippen LogP contribution in [0.25, 0.3) is 0 Å². The SMILES string of the molecule is NS(=O)(=O)c1ccc(OCCN2CC[C@H](O)C2)cc1. The Morgan fingerprint density at radius 3 is 2.58 bits per heavy atom. The number of benzene rings is 1. The predicted octanol–water partition coefficient (Wildman–Crippen LogP) is -0.221. The Hall–Kier alpha value is -1.15. The van der Waals surface area contributed by atoms with Gasteiger partial charge < -0.3 is 9.84 Å². The molecule has 0 bridgehead atoms. The first-order chi connectivity index (χ1) is 8.95. The van der Waals surface area contributed by atoms with Gasteiger partial charge in [-0.05, 0) is 30.7 Å². The number of hydrogen-bond donors (Lipinski definition) is 2. The Morgan fingerprint density at radius 2 is 2.05 bits per heavy atom. The van der Waals surface area contributed by atoms with Crippen molar-refractivity contribution in [3.63, 3.8) is 0 Å². The molecule has 0 unspecified atom stereocenters. The molecule has 106 valence electrons. The van der Waals surface area contributed by atoms with Crippen molar-refractivity contribution in [1.29, 1.82) is 0 Å². The average Bonchev–Trinajstić information content (AvgIpc) is 2.75. The van der Waals surface area contributed by atoms with E-state index in [1.165, 1.54) is 12.1 Å². The standard InChI is InChI=1S/C12H18N2O4S/c13-19(16,17)12-3-1-11(2-4-12)18-8-7-14-6-5-10(15)9-14/h1-4,10,15H,5-9H2,(H2,13,16,17)/t10-/m0/s1. The molecule has 0 spiro atoms. The van der Waals surface area contributed by atoms with E-state index in [-0.39, 0.29) is 11.0 Å². The minimum atomic E-state index is -3.65. The second kappa shape index (κ2) is 5.87. The van der Waals surface area contributed by atoms with Gasteiger partial charge in [0.05, 0.1) is 11.0 Å². The Bertz CT molecular complexity index is 515. The van der Waals surface area contributed by atoms with Crippen molar-refractivity contribution in [3.8, 4) is 5.75 Å². The van der Waals surface area contributed by atoms with E-state index in [1.54, 1.807) is 12.1 Å². The van der Waals surface area contributed by atoms with Crippen LogP contribution < -0.4 is 9.88 Å². The van der Waals surface area contributed by atoms with Crippen LogP contribution in [0.1, 0.15) is 6.42 Å². The molecule has 1 aromatic carbocycles. The number of sulfonamides is 1. The van der Waals surface area contributed by atoms with Gasteiger partial charge in [-0.25, -0.2) is 13.6 Å². The van der Waals surface area contributed by atoms with E-state index in [1.807, 2.05) is 0 Å². The molecular weight excluding hydrogens is 268 g/mol. The lowest BCUT2D eigenvalue weighted by atomic mass is 10.3. The highest BCUT2D eigenvalue weighted by Crippen LogP contribution is 2.15. The Kier molecular flexibility index (Phi) is 4.41. The fourth-order valence-corrected chi connectivity index (χ4v) is 2.55. The summed E-state index contributed by atoms with van der Waals surface area (Å²) in [7, 11) is -3.65. The quantitative estimate of drug-likeness (QED) is 0.780. The Balaban J connectivity index is 1.80. The highest BCUT2D eigenvalue weighted by molar-refractivity contribution is 7.89. The molecule has 1 saturated heterocycles. The van der Waals surface area contributed by atoms with Gasteiger partial charge in [0.25, 0.3) is 0 Å². The summed E-state index contributed by atoms with van der Waals surface area (Å²) in [4.78, 5) is 2.20.